The van der Waals surface area contributed by atoms with E-state index >= 15 is 0 Å². The summed E-state index contributed by atoms with van der Waals surface area (Å²) in [5, 5.41) is 0. The van der Waals surface area contributed by atoms with Crippen molar-refractivity contribution in [2.24, 2.45) is 17.8 Å². The van der Waals surface area contributed by atoms with Crippen LogP contribution in [0.25, 0.3) is 0 Å². The monoisotopic (exact) mass is 138 g/mol. The molecule has 0 aromatic heterocycles. The van der Waals surface area contributed by atoms with Gasteiger partial charge in [-0.15, -0.1) is 0 Å². The molecule has 0 heterocycles. The van der Waals surface area contributed by atoms with Crippen molar-refractivity contribution in [3.05, 3.63) is 12.2 Å². The number of hydrogen-bond donors (Lipinski definition) is 0. The molecule has 0 aliphatic heterocycles. The van der Waals surface area contributed by atoms with Crippen molar-refractivity contribution in [3.63, 3.8) is 0 Å². The first-order chi connectivity index (χ1) is 4.74. The van der Waals surface area contributed by atoms with Crippen molar-refractivity contribution in [1.29, 1.82) is 0 Å². The first-order valence-corrected chi connectivity index (χ1v) is 4.42. The number of hydrogen-bond acceptors (Lipinski definition) is 0. The number of allylic oxidation sites excluding steroid dienone is 2. The first-order valence-electron chi connectivity index (χ1n) is 4.42. The van der Waals surface area contributed by atoms with Gasteiger partial charge in [-0.1, -0.05) is 32.9 Å². The van der Waals surface area contributed by atoms with Crippen LogP contribution in [0.4, 0.5) is 0 Å². The van der Waals surface area contributed by atoms with Gasteiger partial charge in [-0.3, -0.25) is 0 Å². The van der Waals surface area contributed by atoms with Crippen LogP contribution in [0.15, 0.2) is 12.2 Å². The molecule has 1 unspecified atom stereocenters. The Morgan fingerprint density at radius 2 is 2.00 bits per heavy atom. The van der Waals surface area contributed by atoms with E-state index in [4.69, 9.17) is 0 Å². The number of rotatable bonds is 1. The van der Waals surface area contributed by atoms with Gasteiger partial charge in [-0.25, -0.2) is 0 Å². The molecular formula is C10H18. The minimum Gasteiger partial charge on any atom is -0.0854 e. The molecule has 0 saturated carbocycles. The molecule has 3 atom stereocenters. The van der Waals surface area contributed by atoms with Crippen LogP contribution in [0.1, 0.15) is 33.6 Å². The second kappa shape index (κ2) is 3.23. The second-order valence-electron chi connectivity index (χ2n) is 3.65. The van der Waals surface area contributed by atoms with Gasteiger partial charge in [0.15, 0.2) is 0 Å². The maximum atomic E-state index is 2.40. The quantitative estimate of drug-likeness (QED) is 0.488. The fraction of sp³-hybridized carbons (Fsp3) is 0.800. The van der Waals surface area contributed by atoms with Crippen LogP contribution in [-0.2, 0) is 0 Å². The van der Waals surface area contributed by atoms with Crippen LogP contribution in [0.3, 0.4) is 0 Å². The first kappa shape index (κ1) is 7.84. The van der Waals surface area contributed by atoms with Crippen LogP contribution in [-0.4, -0.2) is 0 Å². The fourth-order valence-corrected chi connectivity index (χ4v) is 1.90. The predicted octanol–water partition coefficient (Wildman–Crippen LogP) is 3.24. The van der Waals surface area contributed by atoms with E-state index in [0.717, 1.165) is 17.8 Å². The van der Waals surface area contributed by atoms with Gasteiger partial charge in [-0.05, 0) is 30.6 Å². The summed E-state index contributed by atoms with van der Waals surface area (Å²) in [5.41, 5.74) is 0. The van der Waals surface area contributed by atoms with E-state index in [1.165, 1.54) is 12.8 Å². The molecular weight excluding hydrogens is 120 g/mol. The largest absolute Gasteiger partial charge is 0.0854 e. The molecule has 1 aliphatic rings. The van der Waals surface area contributed by atoms with Crippen LogP contribution in [0, 0.1) is 17.8 Å². The molecule has 0 nitrogen and oxygen atoms in total. The summed E-state index contributed by atoms with van der Waals surface area (Å²) in [4.78, 5) is 0. The highest BCUT2D eigenvalue weighted by molar-refractivity contribution is 4.98. The molecule has 0 saturated heterocycles. The van der Waals surface area contributed by atoms with E-state index in [2.05, 4.69) is 32.9 Å². The van der Waals surface area contributed by atoms with Crippen molar-refractivity contribution in [2.45, 2.75) is 33.6 Å². The fourth-order valence-electron chi connectivity index (χ4n) is 1.90. The van der Waals surface area contributed by atoms with Crippen LogP contribution in [0.2, 0.25) is 0 Å². The Balaban J connectivity index is 2.53. The Morgan fingerprint density at radius 1 is 1.30 bits per heavy atom. The normalized spacial score (nSPS) is 40.1. The molecule has 0 spiro atoms. The van der Waals surface area contributed by atoms with Gasteiger partial charge in [0.05, 0.1) is 0 Å². The standard InChI is InChI=1S/C10H18/c1-4-10-6-5-8(2)7-9(10)3/h5-6,8-10H,4,7H2,1-3H3/t8-,9?,10+/m1/s1. The Hall–Kier alpha value is -0.260. The average Bonchev–Trinajstić information content (AvgIpc) is 1.88. The van der Waals surface area contributed by atoms with Crippen LogP contribution < -0.4 is 0 Å². The molecule has 0 heteroatoms. The minimum atomic E-state index is 0.817. The summed E-state index contributed by atoms with van der Waals surface area (Å²) in [7, 11) is 0. The van der Waals surface area contributed by atoms with Crippen molar-refractivity contribution in [1.82, 2.24) is 0 Å². The Kier molecular flexibility index (Phi) is 2.53. The van der Waals surface area contributed by atoms with Crippen molar-refractivity contribution >= 4 is 0 Å². The zero-order valence-electron chi connectivity index (χ0n) is 7.30. The van der Waals surface area contributed by atoms with Crippen molar-refractivity contribution in [2.75, 3.05) is 0 Å². The molecule has 0 bridgehead atoms. The Labute approximate surface area is 64.3 Å². The summed E-state index contributed by atoms with van der Waals surface area (Å²) in [5.74, 6) is 2.58. The van der Waals surface area contributed by atoms with Crippen LogP contribution >= 0.6 is 0 Å². The molecule has 0 N–H and O–H groups in total. The second-order valence-corrected chi connectivity index (χ2v) is 3.65. The minimum absolute atomic E-state index is 0.817. The summed E-state index contributed by atoms with van der Waals surface area (Å²) in [6, 6.07) is 0. The van der Waals surface area contributed by atoms with Gasteiger partial charge >= 0.3 is 0 Å². The smallest absolute Gasteiger partial charge is 0.0210 e. The molecule has 0 aromatic carbocycles. The highest BCUT2D eigenvalue weighted by Gasteiger charge is 2.18. The maximum Gasteiger partial charge on any atom is -0.0210 e. The predicted molar refractivity (Wildman–Crippen MR) is 45.9 cm³/mol. The van der Waals surface area contributed by atoms with E-state index in [1.807, 2.05) is 0 Å². The summed E-state index contributed by atoms with van der Waals surface area (Å²) < 4.78 is 0. The van der Waals surface area contributed by atoms with E-state index < -0.39 is 0 Å². The summed E-state index contributed by atoms with van der Waals surface area (Å²) >= 11 is 0. The zero-order valence-corrected chi connectivity index (χ0v) is 7.30. The van der Waals surface area contributed by atoms with Gasteiger partial charge in [0.2, 0.25) is 0 Å². The van der Waals surface area contributed by atoms with Gasteiger partial charge < -0.3 is 0 Å². The average molecular weight is 138 g/mol. The SMILES string of the molecule is CC[C@H]1C=C[C@@H](C)CC1C. The highest BCUT2D eigenvalue weighted by Crippen LogP contribution is 2.29. The van der Waals surface area contributed by atoms with Gasteiger partial charge in [0.25, 0.3) is 0 Å². The highest BCUT2D eigenvalue weighted by atomic mass is 14.2. The van der Waals surface area contributed by atoms with E-state index in [-0.39, 0.29) is 0 Å². The third-order valence-electron chi connectivity index (χ3n) is 2.63. The molecule has 0 fully saturated rings. The molecule has 0 radical (unpaired) electrons. The van der Waals surface area contributed by atoms with E-state index in [0.29, 0.717) is 0 Å². The van der Waals surface area contributed by atoms with Gasteiger partial charge in [0.1, 0.15) is 0 Å². The molecule has 0 amide bonds. The van der Waals surface area contributed by atoms with Crippen molar-refractivity contribution < 1.29 is 0 Å². The lowest BCUT2D eigenvalue weighted by Gasteiger charge is -2.26. The van der Waals surface area contributed by atoms with Gasteiger partial charge in [0, 0.05) is 0 Å². The molecule has 10 heavy (non-hydrogen) atoms. The third kappa shape index (κ3) is 1.62. The Bertz CT molecular complexity index is 124. The molecule has 0 aromatic rings. The Morgan fingerprint density at radius 3 is 2.50 bits per heavy atom. The molecule has 1 aliphatic carbocycles. The van der Waals surface area contributed by atoms with Gasteiger partial charge in [-0.2, -0.15) is 0 Å². The lowest BCUT2D eigenvalue weighted by atomic mass is 9.80. The molecule has 58 valence electrons. The van der Waals surface area contributed by atoms with E-state index in [9.17, 15) is 0 Å². The lowest BCUT2D eigenvalue weighted by molar-refractivity contribution is 0.337. The van der Waals surface area contributed by atoms with Crippen molar-refractivity contribution in [3.8, 4) is 0 Å². The lowest BCUT2D eigenvalue weighted by Crippen LogP contribution is -2.15. The van der Waals surface area contributed by atoms with E-state index in [1.54, 1.807) is 0 Å². The summed E-state index contributed by atoms with van der Waals surface area (Å²) in [6.07, 6.45) is 7.46. The zero-order chi connectivity index (χ0) is 7.56. The van der Waals surface area contributed by atoms with Crippen LogP contribution in [0.5, 0.6) is 0 Å². The molecule has 1 rings (SSSR count). The maximum absolute atomic E-state index is 2.40. The topological polar surface area (TPSA) is 0 Å². The summed E-state index contributed by atoms with van der Waals surface area (Å²) in [6.45, 7) is 6.95. The third-order valence-corrected chi connectivity index (χ3v) is 2.63.